The van der Waals surface area contributed by atoms with E-state index in [1.165, 1.54) is 44.9 Å². The van der Waals surface area contributed by atoms with E-state index in [1.807, 2.05) is 17.8 Å². The molecular weight excluding hydrogens is 384 g/mol. The summed E-state index contributed by atoms with van der Waals surface area (Å²) in [4.78, 5) is 4.35. The molecule has 1 aromatic rings. The predicted molar refractivity (Wildman–Crippen MR) is 120 cm³/mol. The first-order valence-electron chi connectivity index (χ1n) is 12.4. The van der Waals surface area contributed by atoms with Crippen LogP contribution >= 0.6 is 0 Å². The lowest BCUT2D eigenvalue weighted by Crippen LogP contribution is -2.51. The average molecular weight is 422 g/mol. The molecule has 1 heterocycles. The highest BCUT2D eigenvalue weighted by Crippen LogP contribution is 2.65. The van der Waals surface area contributed by atoms with Gasteiger partial charge < -0.3 is 5.11 Å². The molecule has 5 nitrogen and oxygen atoms in total. The van der Waals surface area contributed by atoms with Crippen molar-refractivity contribution in [2.45, 2.75) is 89.8 Å². The van der Waals surface area contributed by atoms with Crippen LogP contribution in [0.1, 0.15) is 77.2 Å². The van der Waals surface area contributed by atoms with E-state index in [9.17, 15) is 5.11 Å². The van der Waals surface area contributed by atoms with Crippen LogP contribution in [0.4, 0.5) is 0 Å². The molecule has 166 valence electrons. The van der Waals surface area contributed by atoms with Crippen LogP contribution in [0.15, 0.2) is 12.4 Å². The minimum absolute atomic E-state index is 0.0547. The van der Waals surface area contributed by atoms with Crippen molar-refractivity contribution in [3.63, 3.8) is 0 Å². The highest BCUT2D eigenvalue weighted by molar-refractivity contribution is 5.22. The fourth-order valence-corrected chi connectivity index (χ4v) is 8.75. The summed E-state index contributed by atoms with van der Waals surface area (Å²) < 4.78 is 1.85. The summed E-state index contributed by atoms with van der Waals surface area (Å²) >= 11 is 0. The van der Waals surface area contributed by atoms with Gasteiger partial charge in [0.15, 0.2) is 0 Å². The summed E-state index contributed by atoms with van der Waals surface area (Å²) in [5.74, 6) is 4.50. The normalized spacial score (nSPS) is 44.9. The Kier molecular flexibility index (Phi) is 5.17. The molecule has 0 aromatic carbocycles. The molecule has 1 N–H and O–H groups in total. The Morgan fingerprint density at radius 2 is 2.00 bits per heavy atom. The summed E-state index contributed by atoms with van der Waals surface area (Å²) in [7, 11) is 0. The molecular formula is C26H37N4O+. The van der Waals surface area contributed by atoms with Crippen molar-refractivity contribution in [3.05, 3.63) is 22.8 Å². The molecule has 4 saturated carbocycles. The van der Waals surface area contributed by atoms with Crippen molar-refractivity contribution in [1.82, 2.24) is 9.78 Å². The van der Waals surface area contributed by atoms with E-state index in [-0.39, 0.29) is 6.04 Å². The number of hydrogen-bond acceptors (Lipinski definition) is 3. The van der Waals surface area contributed by atoms with E-state index in [1.54, 1.807) is 6.20 Å². The lowest BCUT2D eigenvalue weighted by Gasteiger charge is -2.56. The first kappa shape index (κ1) is 21.0. The second kappa shape index (κ2) is 7.63. The Labute approximate surface area is 186 Å². The quantitative estimate of drug-likeness (QED) is 0.738. The highest BCUT2D eigenvalue weighted by atomic mass is 16.3. The van der Waals surface area contributed by atoms with E-state index in [4.69, 9.17) is 11.8 Å². The van der Waals surface area contributed by atoms with Crippen LogP contribution in [0.25, 0.3) is 4.85 Å². The third kappa shape index (κ3) is 3.50. The molecule has 4 fully saturated rings. The van der Waals surface area contributed by atoms with Crippen LogP contribution in [0, 0.1) is 58.8 Å². The standard InChI is InChI=1S/C26H37N4O/c1-25(31)10-8-19-18(12-25)4-5-21-20(19)9-11-26(2)22(21)6-7-23(26)24(28-3)16-30-15-17(13-27)14-29-30/h3,14-15,18-24,31H,4-12,16H2,1-2H3/q+1/t18-,19+,20-,21-,22+,23-,24-,25-,26+/m1/s1. The van der Waals surface area contributed by atoms with Gasteiger partial charge in [-0.2, -0.15) is 10.4 Å². The Hall–Kier alpha value is -1.85. The molecule has 0 spiro atoms. The maximum absolute atomic E-state index is 10.6. The summed E-state index contributed by atoms with van der Waals surface area (Å²) in [5.41, 5.74) is 0.450. The lowest BCUT2D eigenvalue weighted by atomic mass is 9.48. The van der Waals surface area contributed by atoms with Crippen LogP contribution in [-0.4, -0.2) is 26.5 Å². The Balaban J connectivity index is 1.33. The number of aliphatic hydroxyl groups is 1. The van der Waals surface area contributed by atoms with Crippen molar-refractivity contribution >= 4 is 0 Å². The van der Waals surface area contributed by atoms with Crippen LogP contribution in [0.5, 0.6) is 0 Å². The molecule has 5 heteroatoms. The third-order valence-corrected chi connectivity index (χ3v) is 10.1. The fourth-order valence-electron chi connectivity index (χ4n) is 8.75. The Morgan fingerprint density at radius 3 is 2.74 bits per heavy atom. The molecule has 4 aliphatic rings. The maximum atomic E-state index is 10.6. The van der Waals surface area contributed by atoms with Gasteiger partial charge in [-0.05, 0) is 99.7 Å². The van der Waals surface area contributed by atoms with Crippen LogP contribution in [0.3, 0.4) is 0 Å². The molecule has 0 aliphatic heterocycles. The molecule has 0 radical (unpaired) electrons. The van der Waals surface area contributed by atoms with Gasteiger partial charge in [-0.25, -0.2) is 0 Å². The second-order valence-corrected chi connectivity index (χ2v) is 11.7. The average Bonchev–Trinajstić information content (AvgIpc) is 3.34. The highest BCUT2D eigenvalue weighted by Gasteiger charge is 2.60. The monoisotopic (exact) mass is 421 g/mol. The van der Waals surface area contributed by atoms with E-state index in [0.717, 1.165) is 42.4 Å². The van der Waals surface area contributed by atoms with Crippen LogP contribution < -0.4 is 0 Å². The van der Waals surface area contributed by atoms with Gasteiger partial charge in [0.1, 0.15) is 12.6 Å². The zero-order valence-corrected chi connectivity index (χ0v) is 19.1. The van der Waals surface area contributed by atoms with Gasteiger partial charge in [0, 0.05) is 12.1 Å². The smallest absolute Gasteiger partial charge is 0.294 e. The predicted octanol–water partition coefficient (Wildman–Crippen LogP) is 5.11. The SMILES string of the molecule is C#[N+][C@H](Cn1cc(C#N)cn1)[C@H]1CC[C@H]2[C@@H]3CC[C@@H]4C[C@](C)(O)CC[C@@H]4[C@H]3CC[C@]12C. The summed E-state index contributed by atoms with van der Waals surface area (Å²) in [6, 6.07) is 2.21. The van der Waals surface area contributed by atoms with Crippen molar-refractivity contribution < 1.29 is 5.11 Å². The Bertz CT molecular complexity index is 907. The Morgan fingerprint density at radius 1 is 1.19 bits per heavy atom. The van der Waals surface area contributed by atoms with Crippen LogP contribution in [-0.2, 0) is 6.54 Å². The molecule has 9 atom stereocenters. The van der Waals surface area contributed by atoms with Crippen molar-refractivity contribution in [3.8, 4) is 12.6 Å². The van der Waals surface area contributed by atoms with Crippen molar-refractivity contribution in [2.24, 2.45) is 40.9 Å². The van der Waals surface area contributed by atoms with Gasteiger partial charge in [0.05, 0.1) is 17.4 Å². The molecule has 0 amide bonds. The minimum atomic E-state index is -0.441. The van der Waals surface area contributed by atoms with E-state index < -0.39 is 5.60 Å². The maximum Gasteiger partial charge on any atom is 0.294 e. The molecule has 0 bridgehead atoms. The first-order chi connectivity index (χ1) is 14.8. The van der Waals surface area contributed by atoms with Gasteiger partial charge >= 0.3 is 0 Å². The number of hydrogen-bond donors (Lipinski definition) is 1. The third-order valence-electron chi connectivity index (χ3n) is 10.1. The fraction of sp³-hybridized carbons (Fsp3) is 0.808. The zero-order valence-electron chi connectivity index (χ0n) is 19.1. The van der Waals surface area contributed by atoms with Gasteiger partial charge in [0.2, 0.25) is 0 Å². The van der Waals surface area contributed by atoms with Gasteiger partial charge in [-0.3, -0.25) is 4.68 Å². The minimum Gasteiger partial charge on any atom is -0.390 e. The summed E-state index contributed by atoms with van der Waals surface area (Å²) in [5, 5.41) is 24.1. The van der Waals surface area contributed by atoms with Crippen LogP contribution in [0.2, 0.25) is 0 Å². The number of nitrogens with zero attached hydrogens (tertiary/aromatic N) is 4. The number of fused-ring (bicyclic) bond motifs is 5. The topological polar surface area (TPSA) is 66.2 Å². The zero-order chi connectivity index (χ0) is 21.8. The largest absolute Gasteiger partial charge is 0.390 e. The first-order valence-corrected chi connectivity index (χ1v) is 12.4. The lowest BCUT2D eigenvalue weighted by molar-refractivity contribution is -0.100. The molecule has 1 aromatic heterocycles. The summed E-state index contributed by atoms with van der Waals surface area (Å²) in [6.45, 7) is 11.2. The van der Waals surface area contributed by atoms with E-state index in [0.29, 0.717) is 23.4 Å². The van der Waals surface area contributed by atoms with E-state index >= 15 is 0 Å². The molecule has 4 aliphatic carbocycles. The van der Waals surface area contributed by atoms with Crippen molar-refractivity contribution in [1.29, 1.82) is 5.26 Å². The molecule has 0 unspecified atom stereocenters. The van der Waals surface area contributed by atoms with Gasteiger partial charge in [0.25, 0.3) is 12.6 Å². The number of aromatic nitrogens is 2. The summed E-state index contributed by atoms with van der Waals surface area (Å²) in [6.07, 6.45) is 14.4. The number of nitriles is 1. The molecule has 5 rings (SSSR count). The van der Waals surface area contributed by atoms with Gasteiger partial charge in [-0.1, -0.05) is 11.8 Å². The van der Waals surface area contributed by atoms with E-state index in [2.05, 4.69) is 22.9 Å². The molecule has 31 heavy (non-hydrogen) atoms. The van der Waals surface area contributed by atoms with Gasteiger partial charge in [-0.15, -0.1) is 0 Å². The number of rotatable bonds is 3. The molecule has 0 saturated heterocycles. The van der Waals surface area contributed by atoms with Crippen molar-refractivity contribution in [2.75, 3.05) is 0 Å². The second-order valence-electron chi connectivity index (χ2n) is 11.7.